The third kappa shape index (κ3) is 7.39. The molecule has 0 spiro atoms. The number of carbonyl (C=O) groups excluding carboxylic acids is 1. The van der Waals surface area contributed by atoms with Gasteiger partial charge in [-0.05, 0) is 19.6 Å². The molecule has 0 aromatic heterocycles. The molecule has 0 aromatic carbocycles. The van der Waals surface area contributed by atoms with Crippen LogP contribution in [0.15, 0.2) is 0 Å². The van der Waals surface area contributed by atoms with Crippen LogP contribution >= 0.6 is 11.8 Å². The summed E-state index contributed by atoms with van der Waals surface area (Å²) in [5.74, 6) is -0.0623. The molecule has 0 bridgehead atoms. The number of carbonyl (C=O) groups is 2. The minimum Gasteiger partial charge on any atom is -0.481 e. The third-order valence-electron chi connectivity index (χ3n) is 2.04. The van der Waals surface area contributed by atoms with Crippen molar-refractivity contribution >= 4 is 23.8 Å². The van der Waals surface area contributed by atoms with Gasteiger partial charge in [0.25, 0.3) is 0 Å². The third-order valence-corrected chi connectivity index (χ3v) is 2.88. The summed E-state index contributed by atoms with van der Waals surface area (Å²) in [6.45, 7) is 3.76. The van der Waals surface area contributed by atoms with Gasteiger partial charge in [-0.3, -0.25) is 4.79 Å². The van der Waals surface area contributed by atoms with Crippen molar-refractivity contribution in [3.63, 3.8) is 0 Å². The zero-order chi connectivity index (χ0) is 12.6. The first-order chi connectivity index (χ1) is 7.49. The summed E-state index contributed by atoms with van der Waals surface area (Å²) < 4.78 is 0. The minimum absolute atomic E-state index is 0.0408. The molecule has 94 valence electrons. The van der Waals surface area contributed by atoms with Crippen LogP contribution in [0.25, 0.3) is 0 Å². The number of hydrogen-bond donors (Lipinski definition) is 3. The van der Waals surface area contributed by atoms with E-state index >= 15 is 0 Å². The average Bonchev–Trinajstić information content (AvgIpc) is 2.15. The number of nitrogens with one attached hydrogen (secondary N) is 2. The van der Waals surface area contributed by atoms with Crippen LogP contribution in [-0.2, 0) is 4.79 Å². The second kappa shape index (κ2) is 8.27. The van der Waals surface area contributed by atoms with Crippen LogP contribution in [-0.4, -0.2) is 41.2 Å². The predicted molar refractivity (Wildman–Crippen MR) is 65.8 cm³/mol. The second-order valence-electron chi connectivity index (χ2n) is 3.68. The SMILES string of the molecule is CCC(CC(=O)O)NC(=O)NC(C)CSC. The van der Waals surface area contributed by atoms with Crippen molar-refractivity contribution in [1.82, 2.24) is 10.6 Å². The van der Waals surface area contributed by atoms with E-state index in [9.17, 15) is 9.59 Å². The van der Waals surface area contributed by atoms with Gasteiger partial charge in [-0.15, -0.1) is 0 Å². The van der Waals surface area contributed by atoms with Crippen molar-refractivity contribution in [3.8, 4) is 0 Å². The highest BCUT2D eigenvalue weighted by atomic mass is 32.2. The molecule has 0 saturated heterocycles. The Morgan fingerprint density at radius 3 is 2.44 bits per heavy atom. The number of aliphatic carboxylic acids is 1. The lowest BCUT2D eigenvalue weighted by molar-refractivity contribution is -0.137. The molecule has 0 fully saturated rings. The zero-order valence-corrected chi connectivity index (χ0v) is 10.8. The predicted octanol–water partition coefficient (Wildman–Crippen LogP) is 1.29. The number of amides is 2. The molecular weight excluding hydrogens is 228 g/mol. The molecule has 3 N–H and O–H groups in total. The normalized spacial score (nSPS) is 13.9. The smallest absolute Gasteiger partial charge is 0.315 e. The Balaban J connectivity index is 3.95. The average molecular weight is 248 g/mol. The van der Waals surface area contributed by atoms with Crippen LogP contribution < -0.4 is 10.6 Å². The first-order valence-electron chi connectivity index (χ1n) is 5.27. The number of carboxylic acids is 1. The van der Waals surface area contributed by atoms with Gasteiger partial charge in [0.1, 0.15) is 0 Å². The van der Waals surface area contributed by atoms with Crippen LogP contribution in [0.1, 0.15) is 26.7 Å². The maximum atomic E-state index is 11.5. The van der Waals surface area contributed by atoms with Gasteiger partial charge in [0.15, 0.2) is 0 Å². The van der Waals surface area contributed by atoms with Crippen molar-refractivity contribution in [2.24, 2.45) is 0 Å². The van der Waals surface area contributed by atoms with E-state index in [1.165, 1.54) is 0 Å². The maximum absolute atomic E-state index is 11.5. The van der Waals surface area contributed by atoms with Crippen molar-refractivity contribution in [3.05, 3.63) is 0 Å². The fourth-order valence-electron chi connectivity index (χ4n) is 1.25. The summed E-state index contributed by atoms with van der Waals surface area (Å²) >= 11 is 1.65. The topological polar surface area (TPSA) is 78.4 Å². The van der Waals surface area contributed by atoms with E-state index in [2.05, 4.69) is 10.6 Å². The molecule has 6 heteroatoms. The van der Waals surface area contributed by atoms with Crippen molar-refractivity contribution in [2.45, 2.75) is 38.8 Å². The summed E-state index contributed by atoms with van der Waals surface area (Å²) in [7, 11) is 0. The Morgan fingerprint density at radius 2 is 2.00 bits per heavy atom. The lowest BCUT2D eigenvalue weighted by Gasteiger charge is -2.18. The molecule has 16 heavy (non-hydrogen) atoms. The van der Waals surface area contributed by atoms with E-state index in [-0.39, 0.29) is 24.5 Å². The van der Waals surface area contributed by atoms with E-state index in [4.69, 9.17) is 5.11 Å². The molecule has 0 aliphatic heterocycles. The van der Waals surface area contributed by atoms with Crippen LogP contribution in [0.2, 0.25) is 0 Å². The van der Waals surface area contributed by atoms with Gasteiger partial charge in [-0.25, -0.2) is 4.79 Å². The Hall–Kier alpha value is -0.910. The summed E-state index contributed by atoms with van der Waals surface area (Å²) in [5, 5.41) is 14.0. The van der Waals surface area contributed by atoms with E-state index in [0.717, 1.165) is 5.75 Å². The largest absolute Gasteiger partial charge is 0.481 e. The molecule has 5 nitrogen and oxygen atoms in total. The lowest BCUT2D eigenvalue weighted by atomic mass is 10.1. The Morgan fingerprint density at radius 1 is 1.38 bits per heavy atom. The molecule has 0 saturated carbocycles. The number of hydrogen-bond acceptors (Lipinski definition) is 3. The quantitative estimate of drug-likeness (QED) is 0.634. The van der Waals surface area contributed by atoms with Crippen LogP contribution in [0.5, 0.6) is 0 Å². The number of urea groups is 1. The molecule has 0 rings (SSSR count). The number of carboxylic acid groups (broad SMARTS) is 1. The Bertz CT molecular complexity index is 236. The highest BCUT2D eigenvalue weighted by Crippen LogP contribution is 1.99. The summed E-state index contributed by atoms with van der Waals surface area (Å²) in [4.78, 5) is 22.0. The highest BCUT2D eigenvalue weighted by molar-refractivity contribution is 7.98. The molecule has 0 aliphatic rings. The molecule has 0 aliphatic carbocycles. The standard InChI is InChI=1S/C10H20N2O3S/c1-4-8(5-9(13)14)12-10(15)11-7(2)6-16-3/h7-8H,4-6H2,1-3H3,(H,13,14)(H2,11,12,15). The Labute approximate surface area is 100 Å². The van der Waals surface area contributed by atoms with Gasteiger partial charge in [0, 0.05) is 17.8 Å². The molecule has 0 heterocycles. The fourth-order valence-corrected chi connectivity index (χ4v) is 1.83. The van der Waals surface area contributed by atoms with Gasteiger partial charge in [0.2, 0.25) is 0 Å². The summed E-state index contributed by atoms with van der Waals surface area (Å²) in [5.41, 5.74) is 0. The van der Waals surface area contributed by atoms with E-state index in [0.29, 0.717) is 6.42 Å². The molecule has 0 aromatic rings. The fraction of sp³-hybridized carbons (Fsp3) is 0.800. The first kappa shape index (κ1) is 15.1. The second-order valence-corrected chi connectivity index (χ2v) is 4.59. The summed E-state index contributed by atoms with van der Waals surface area (Å²) in [6.07, 6.45) is 2.53. The van der Waals surface area contributed by atoms with Gasteiger partial charge >= 0.3 is 12.0 Å². The van der Waals surface area contributed by atoms with Crippen LogP contribution in [0, 0.1) is 0 Å². The molecule has 2 atom stereocenters. The zero-order valence-electron chi connectivity index (χ0n) is 9.95. The molecule has 0 radical (unpaired) electrons. The summed E-state index contributed by atoms with van der Waals surface area (Å²) in [6, 6.07) is -0.522. The number of thioether (sulfide) groups is 1. The monoisotopic (exact) mass is 248 g/mol. The van der Waals surface area contributed by atoms with E-state index in [1.54, 1.807) is 11.8 Å². The van der Waals surface area contributed by atoms with Gasteiger partial charge in [0.05, 0.1) is 6.42 Å². The minimum atomic E-state index is -0.899. The van der Waals surface area contributed by atoms with Crippen LogP contribution in [0.3, 0.4) is 0 Å². The Kier molecular flexibility index (Phi) is 7.80. The molecule has 2 amide bonds. The van der Waals surface area contributed by atoms with Crippen molar-refractivity contribution < 1.29 is 14.7 Å². The number of rotatable bonds is 7. The van der Waals surface area contributed by atoms with Crippen LogP contribution in [0.4, 0.5) is 4.79 Å². The first-order valence-corrected chi connectivity index (χ1v) is 6.66. The lowest BCUT2D eigenvalue weighted by Crippen LogP contribution is -2.46. The molecule has 2 unspecified atom stereocenters. The molecular formula is C10H20N2O3S. The van der Waals surface area contributed by atoms with Gasteiger partial charge in [-0.1, -0.05) is 6.92 Å². The van der Waals surface area contributed by atoms with Crippen molar-refractivity contribution in [2.75, 3.05) is 12.0 Å². The highest BCUT2D eigenvalue weighted by Gasteiger charge is 2.14. The van der Waals surface area contributed by atoms with E-state index in [1.807, 2.05) is 20.1 Å². The van der Waals surface area contributed by atoms with E-state index < -0.39 is 5.97 Å². The van der Waals surface area contributed by atoms with Crippen molar-refractivity contribution in [1.29, 1.82) is 0 Å². The maximum Gasteiger partial charge on any atom is 0.315 e. The van der Waals surface area contributed by atoms with Gasteiger partial charge < -0.3 is 15.7 Å². The van der Waals surface area contributed by atoms with Gasteiger partial charge in [-0.2, -0.15) is 11.8 Å².